The summed E-state index contributed by atoms with van der Waals surface area (Å²) < 4.78 is 11.3. The summed E-state index contributed by atoms with van der Waals surface area (Å²) in [5, 5.41) is 0. The van der Waals surface area contributed by atoms with E-state index in [1.54, 1.807) is 18.2 Å². The minimum Gasteiger partial charge on any atom is -0.455 e. The van der Waals surface area contributed by atoms with Gasteiger partial charge in [0.25, 0.3) is 0 Å². The van der Waals surface area contributed by atoms with Crippen LogP contribution in [-0.2, 0) is 4.74 Å². The van der Waals surface area contributed by atoms with Gasteiger partial charge in [0.15, 0.2) is 5.75 Å². The van der Waals surface area contributed by atoms with Gasteiger partial charge in [-0.15, -0.1) is 0 Å². The second-order valence-electron chi connectivity index (χ2n) is 4.18. The van der Waals surface area contributed by atoms with E-state index in [1.807, 2.05) is 18.2 Å². The van der Waals surface area contributed by atoms with Crippen molar-refractivity contribution in [3.8, 4) is 5.75 Å². The highest BCUT2D eigenvalue weighted by molar-refractivity contribution is 5.59. The summed E-state index contributed by atoms with van der Waals surface area (Å²) in [4.78, 5) is 2.27. The SMILES string of the molecule is C=CC=C(C=C)Oc1ccccc1N1CCOCC1. The van der Waals surface area contributed by atoms with Crippen molar-refractivity contribution in [1.29, 1.82) is 0 Å². The van der Waals surface area contributed by atoms with Crippen molar-refractivity contribution >= 4 is 5.69 Å². The van der Waals surface area contributed by atoms with E-state index in [0.717, 1.165) is 37.7 Å². The van der Waals surface area contributed by atoms with Crippen LogP contribution in [0.15, 0.2) is 61.4 Å². The first kappa shape index (κ1) is 13.4. The van der Waals surface area contributed by atoms with Crippen molar-refractivity contribution in [2.24, 2.45) is 0 Å². The quantitative estimate of drug-likeness (QED) is 0.597. The Balaban J connectivity index is 2.22. The van der Waals surface area contributed by atoms with Crippen molar-refractivity contribution in [2.45, 2.75) is 0 Å². The Morgan fingerprint density at radius 3 is 2.63 bits per heavy atom. The van der Waals surface area contributed by atoms with E-state index in [0.29, 0.717) is 5.76 Å². The van der Waals surface area contributed by atoms with Gasteiger partial charge in [0.2, 0.25) is 0 Å². The third-order valence-corrected chi connectivity index (χ3v) is 2.93. The standard InChI is InChI=1S/C16H19NO2/c1-3-7-14(4-2)19-16-9-6-5-8-15(16)17-10-12-18-13-11-17/h3-9H,1-2,10-13H2. The number of nitrogens with zero attached hydrogens (tertiary/aromatic N) is 1. The number of morpholine rings is 1. The molecule has 1 aromatic carbocycles. The maximum atomic E-state index is 5.88. The average molecular weight is 257 g/mol. The molecule has 1 heterocycles. The van der Waals surface area contributed by atoms with Crippen molar-refractivity contribution in [1.82, 2.24) is 0 Å². The lowest BCUT2D eigenvalue weighted by atomic mass is 10.2. The molecule has 0 saturated carbocycles. The van der Waals surface area contributed by atoms with Crippen molar-refractivity contribution < 1.29 is 9.47 Å². The molecule has 0 bridgehead atoms. The number of allylic oxidation sites excluding steroid dienone is 3. The highest BCUT2D eigenvalue weighted by atomic mass is 16.5. The highest BCUT2D eigenvalue weighted by Gasteiger charge is 2.15. The molecule has 1 aliphatic heterocycles. The Morgan fingerprint density at radius 1 is 1.21 bits per heavy atom. The second kappa shape index (κ2) is 6.81. The molecule has 100 valence electrons. The number of hydrogen-bond donors (Lipinski definition) is 0. The zero-order valence-corrected chi connectivity index (χ0v) is 11.0. The van der Waals surface area contributed by atoms with E-state index in [2.05, 4.69) is 24.1 Å². The first-order valence-electron chi connectivity index (χ1n) is 6.40. The predicted octanol–water partition coefficient (Wildman–Crippen LogP) is 3.16. The lowest BCUT2D eigenvalue weighted by molar-refractivity contribution is 0.122. The number of para-hydroxylation sites is 2. The Labute approximate surface area is 114 Å². The summed E-state index contributed by atoms with van der Waals surface area (Å²) in [5.41, 5.74) is 1.09. The molecule has 1 aliphatic rings. The van der Waals surface area contributed by atoms with Crippen LogP contribution in [0.1, 0.15) is 0 Å². The Bertz CT molecular complexity index is 473. The predicted molar refractivity (Wildman–Crippen MR) is 78.6 cm³/mol. The van der Waals surface area contributed by atoms with E-state index < -0.39 is 0 Å². The van der Waals surface area contributed by atoms with Gasteiger partial charge in [0.05, 0.1) is 18.9 Å². The Hall–Kier alpha value is -2.00. The maximum Gasteiger partial charge on any atom is 0.150 e. The summed E-state index contributed by atoms with van der Waals surface area (Å²) in [6.45, 7) is 10.7. The van der Waals surface area contributed by atoms with E-state index >= 15 is 0 Å². The zero-order chi connectivity index (χ0) is 13.5. The number of rotatable bonds is 5. The molecule has 0 N–H and O–H groups in total. The molecular weight excluding hydrogens is 238 g/mol. The fourth-order valence-corrected chi connectivity index (χ4v) is 2.00. The molecule has 0 radical (unpaired) electrons. The smallest absolute Gasteiger partial charge is 0.150 e. The lowest BCUT2D eigenvalue weighted by Crippen LogP contribution is -2.36. The van der Waals surface area contributed by atoms with E-state index in [1.165, 1.54) is 0 Å². The molecule has 0 atom stereocenters. The Kier molecular flexibility index (Phi) is 4.81. The minimum absolute atomic E-state index is 0.690. The van der Waals surface area contributed by atoms with Gasteiger partial charge in [0.1, 0.15) is 5.76 Å². The lowest BCUT2D eigenvalue weighted by Gasteiger charge is -2.30. The van der Waals surface area contributed by atoms with Crippen LogP contribution in [0.4, 0.5) is 5.69 Å². The van der Waals surface area contributed by atoms with Gasteiger partial charge >= 0.3 is 0 Å². The molecule has 3 nitrogen and oxygen atoms in total. The molecule has 2 rings (SSSR count). The van der Waals surface area contributed by atoms with Crippen molar-refractivity contribution in [3.63, 3.8) is 0 Å². The van der Waals surface area contributed by atoms with Gasteiger partial charge in [-0.25, -0.2) is 0 Å². The topological polar surface area (TPSA) is 21.7 Å². The van der Waals surface area contributed by atoms with Crippen LogP contribution in [0.2, 0.25) is 0 Å². The molecule has 1 fully saturated rings. The molecule has 0 aliphatic carbocycles. The van der Waals surface area contributed by atoms with Crippen LogP contribution in [0.3, 0.4) is 0 Å². The van der Waals surface area contributed by atoms with Crippen molar-refractivity contribution in [2.75, 3.05) is 31.2 Å². The van der Waals surface area contributed by atoms with Gasteiger partial charge < -0.3 is 14.4 Å². The van der Waals surface area contributed by atoms with E-state index in [9.17, 15) is 0 Å². The molecule has 0 aromatic heterocycles. The van der Waals surface area contributed by atoms with Gasteiger partial charge in [-0.2, -0.15) is 0 Å². The highest BCUT2D eigenvalue weighted by Crippen LogP contribution is 2.30. The van der Waals surface area contributed by atoms with Crippen LogP contribution in [0.25, 0.3) is 0 Å². The molecular formula is C16H19NO2. The number of benzene rings is 1. The van der Waals surface area contributed by atoms with Crippen LogP contribution >= 0.6 is 0 Å². The number of hydrogen-bond acceptors (Lipinski definition) is 3. The minimum atomic E-state index is 0.690. The number of anilines is 1. The molecule has 1 aromatic rings. The summed E-state index contributed by atoms with van der Waals surface area (Å²) in [5.74, 6) is 1.52. The molecule has 0 spiro atoms. The first-order valence-corrected chi connectivity index (χ1v) is 6.40. The van der Waals surface area contributed by atoms with E-state index in [-0.39, 0.29) is 0 Å². The molecule has 1 saturated heterocycles. The van der Waals surface area contributed by atoms with Gasteiger partial charge in [-0.3, -0.25) is 0 Å². The summed E-state index contributed by atoms with van der Waals surface area (Å²) in [7, 11) is 0. The zero-order valence-electron chi connectivity index (χ0n) is 11.0. The van der Waals surface area contributed by atoms with Crippen LogP contribution in [0.5, 0.6) is 5.75 Å². The monoisotopic (exact) mass is 257 g/mol. The fraction of sp³-hybridized carbons (Fsp3) is 0.250. The second-order valence-corrected chi connectivity index (χ2v) is 4.18. The maximum absolute atomic E-state index is 5.88. The van der Waals surface area contributed by atoms with Gasteiger partial charge in [-0.05, 0) is 24.3 Å². The normalized spacial score (nSPS) is 16.0. The number of ether oxygens (including phenoxy) is 2. The fourth-order valence-electron chi connectivity index (χ4n) is 2.00. The molecule has 0 amide bonds. The summed E-state index contributed by atoms with van der Waals surface area (Å²) in [6, 6.07) is 8.01. The molecule has 3 heteroatoms. The van der Waals surface area contributed by atoms with Crippen LogP contribution < -0.4 is 9.64 Å². The Morgan fingerprint density at radius 2 is 1.95 bits per heavy atom. The third kappa shape index (κ3) is 3.48. The summed E-state index contributed by atoms with van der Waals surface area (Å²) in [6.07, 6.45) is 5.16. The van der Waals surface area contributed by atoms with Gasteiger partial charge in [-0.1, -0.05) is 31.4 Å². The third-order valence-electron chi connectivity index (χ3n) is 2.93. The van der Waals surface area contributed by atoms with Crippen LogP contribution in [0, 0.1) is 0 Å². The van der Waals surface area contributed by atoms with Gasteiger partial charge in [0, 0.05) is 13.1 Å². The molecule has 0 unspecified atom stereocenters. The van der Waals surface area contributed by atoms with Crippen LogP contribution in [-0.4, -0.2) is 26.3 Å². The van der Waals surface area contributed by atoms with E-state index in [4.69, 9.17) is 9.47 Å². The molecule has 19 heavy (non-hydrogen) atoms. The largest absolute Gasteiger partial charge is 0.455 e. The summed E-state index contributed by atoms with van der Waals surface area (Å²) >= 11 is 0. The average Bonchev–Trinajstić information content (AvgIpc) is 2.48. The first-order chi connectivity index (χ1) is 9.35. The van der Waals surface area contributed by atoms with Crippen molar-refractivity contribution in [3.05, 3.63) is 61.4 Å².